The van der Waals surface area contributed by atoms with Crippen LogP contribution in [0, 0.1) is 23.7 Å². The summed E-state index contributed by atoms with van der Waals surface area (Å²) in [6.07, 6.45) is 0. The summed E-state index contributed by atoms with van der Waals surface area (Å²) in [6, 6.07) is 0. The lowest BCUT2D eigenvalue weighted by molar-refractivity contribution is -0.144. The first-order chi connectivity index (χ1) is 6.91. The fourth-order valence-corrected chi connectivity index (χ4v) is 2.03. The maximum Gasteiger partial charge on any atom is 0.308 e. The number of carboxylic acids is 1. The van der Waals surface area contributed by atoms with E-state index in [-0.39, 0.29) is 11.8 Å². The van der Waals surface area contributed by atoms with Crippen molar-refractivity contribution in [3.8, 4) is 0 Å². The Bertz CT molecular complexity index is 220. The Labute approximate surface area is 92.5 Å². The third kappa shape index (κ3) is 3.20. The molecule has 0 aromatic rings. The molecule has 3 nitrogen and oxygen atoms in total. The fraction of sp³-hybridized carbons (Fsp3) is 0.917. The largest absolute Gasteiger partial charge is 0.481 e. The number of hydrogen-bond donors (Lipinski definition) is 1. The van der Waals surface area contributed by atoms with Crippen molar-refractivity contribution in [3.63, 3.8) is 0 Å². The van der Waals surface area contributed by atoms with Gasteiger partial charge in [0.1, 0.15) is 0 Å². The minimum absolute atomic E-state index is 0.210. The van der Waals surface area contributed by atoms with E-state index in [1.807, 2.05) is 13.8 Å². The van der Waals surface area contributed by atoms with Crippen LogP contribution in [0.25, 0.3) is 0 Å². The minimum atomic E-state index is -0.655. The summed E-state index contributed by atoms with van der Waals surface area (Å²) in [5, 5.41) is 9.06. The van der Waals surface area contributed by atoms with Crippen LogP contribution in [0.3, 0.4) is 0 Å². The van der Waals surface area contributed by atoms with E-state index < -0.39 is 5.97 Å². The summed E-state index contributed by atoms with van der Waals surface area (Å²) >= 11 is 0. The van der Waals surface area contributed by atoms with Crippen LogP contribution in [0.1, 0.15) is 27.7 Å². The number of carboxylic acid groups (broad SMARTS) is 1. The summed E-state index contributed by atoms with van der Waals surface area (Å²) in [7, 11) is 0. The number of rotatable bonds is 5. The molecule has 1 N–H and O–H groups in total. The van der Waals surface area contributed by atoms with Crippen LogP contribution < -0.4 is 0 Å². The molecule has 0 spiro atoms. The lowest BCUT2D eigenvalue weighted by Crippen LogP contribution is -2.52. The summed E-state index contributed by atoms with van der Waals surface area (Å²) in [5.74, 6) is 0.854. The van der Waals surface area contributed by atoms with E-state index in [1.165, 1.54) is 0 Å². The van der Waals surface area contributed by atoms with Gasteiger partial charge in [-0.25, -0.2) is 0 Å². The fourth-order valence-electron chi connectivity index (χ4n) is 2.03. The topological polar surface area (TPSA) is 40.5 Å². The van der Waals surface area contributed by atoms with E-state index >= 15 is 0 Å². The number of likely N-dealkylation sites (tertiary alicyclic amines) is 1. The molecule has 1 heterocycles. The summed E-state index contributed by atoms with van der Waals surface area (Å²) < 4.78 is 0. The van der Waals surface area contributed by atoms with Crippen LogP contribution in [-0.2, 0) is 4.79 Å². The maximum atomic E-state index is 11.0. The smallest absolute Gasteiger partial charge is 0.308 e. The van der Waals surface area contributed by atoms with Crippen LogP contribution in [0.5, 0.6) is 0 Å². The predicted octanol–water partition coefficient (Wildman–Crippen LogP) is 1.93. The van der Waals surface area contributed by atoms with Gasteiger partial charge in [-0.15, -0.1) is 0 Å². The molecule has 1 atom stereocenters. The highest BCUT2D eigenvalue weighted by Gasteiger charge is 2.33. The second-order valence-corrected chi connectivity index (χ2v) is 5.41. The van der Waals surface area contributed by atoms with Crippen LogP contribution in [0.15, 0.2) is 0 Å². The quantitative estimate of drug-likeness (QED) is 0.758. The Morgan fingerprint density at radius 1 is 1.33 bits per heavy atom. The number of carbonyl (C=O) groups is 1. The number of aliphatic carboxylic acids is 1. The van der Waals surface area contributed by atoms with E-state index in [4.69, 9.17) is 5.11 Å². The van der Waals surface area contributed by atoms with Gasteiger partial charge in [0.05, 0.1) is 5.92 Å². The van der Waals surface area contributed by atoms with E-state index in [0.717, 1.165) is 31.5 Å². The molecule has 0 aromatic heterocycles. The van der Waals surface area contributed by atoms with E-state index in [1.54, 1.807) is 0 Å². The van der Waals surface area contributed by atoms with Gasteiger partial charge in [0.2, 0.25) is 0 Å². The van der Waals surface area contributed by atoms with Crippen molar-refractivity contribution in [2.45, 2.75) is 27.7 Å². The molecule has 0 amide bonds. The first-order valence-corrected chi connectivity index (χ1v) is 5.87. The third-order valence-electron chi connectivity index (χ3n) is 3.51. The van der Waals surface area contributed by atoms with Crippen molar-refractivity contribution in [2.75, 3.05) is 19.6 Å². The standard InChI is InChI=1S/C12H23NO2/c1-8(2)10-5-13(6-10)7-11(9(3)4)12(14)15/h8-11H,5-7H2,1-4H3,(H,14,15). The Morgan fingerprint density at radius 2 is 1.87 bits per heavy atom. The monoisotopic (exact) mass is 213 g/mol. The van der Waals surface area contributed by atoms with Crippen molar-refractivity contribution >= 4 is 5.97 Å². The zero-order valence-corrected chi connectivity index (χ0v) is 10.2. The molecule has 1 aliphatic rings. The maximum absolute atomic E-state index is 11.0. The molecule has 1 rings (SSSR count). The molecular formula is C12H23NO2. The highest BCUT2D eigenvalue weighted by molar-refractivity contribution is 5.70. The van der Waals surface area contributed by atoms with Crippen molar-refractivity contribution in [1.82, 2.24) is 4.90 Å². The van der Waals surface area contributed by atoms with Gasteiger partial charge < -0.3 is 10.0 Å². The molecule has 0 radical (unpaired) electrons. The molecule has 0 aliphatic carbocycles. The van der Waals surface area contributed by atoms with Crippen LogP contribution >= 0.6 is 0 Å². The third-order valence-corrected chi connectivity index (χ3v) is 3.51. The first-order valence-electron chi connectivity index (χ1n) is 5.87. The molecule has 1 aliphatic heterocycles. The first kappa shape index (κ1) is 12.5. The van der Waals surface area contributed by atoms with Gasteiger partial charge in [0.25, 0.3) is 0 Å². The zero-order valence-electron chi connectivity index (χ0n) is 10.2. The molecule has 1 unspecified atom stereocenters. The molecule has 88 valence electrons. The lowest BCUT2D eigenvalue weighted by atomic mass is 9.86. The van der Waals surface area contributed by atoms with Gasteiger partial charge in [-0.05, 0) is 17.8 Å². The minimum Gasteiger partial charge on any atom is -0.481 e. The van der Waals surface area contributed by atoms with Crippen molar-refractivity contribution in [1.29, 1.82) is 0 Å². The molecule has 0 aromatic carbocycles. The molecule has 1 fully saturated rings. The van der Waals surface area contributed by atoms with E-state index in [0.29, 0.717) is 0 Å². The molecule has 0 bridgehead atoms. The van der Waals surface area contributed by atoms with Crippen LogP contribution in [0.4, 0.5) is 0 Å². The van der Waals surface area contributed by atoms with Crippen LogP contribution in [0.2, 0.25) is 0 Å². The van der Waals surface area contributed by atoms with Crippen LogP contribution in [-0.4, -0.2) is 35.6 Å². The average molecular weight is 213 g/mol. The number of hydrogen-bond acceptors (Lipinski definition) is 2. The Kier molecular flexibility index (Phi) is 4.14. The molecular weight excluding hydrogens is 190 g/mol. The van der Waals surface area contributed by atoms with Gasteiger partial charge in [-0.2, -0.15) is 0 Å². The number of nitrogens with zero attached hydrogens (tertiary/aromatic N) is 1. The summed E-state index contributed by atoms with van der Waals surface area (Å²) in [6.45, 7) is 11.3. The van der Waals surface area contributed by atoms with Gasteiger partial charge in [-0.3, -0.25) is 4.79 Å². The average Bonchev–Trinajstić information content (AvgIpc) is 1.98. The molecule has 15 heavy (non-hydrogen) atoms. The molecule has 3 heteroatoms. The van der Waals surface area contributed by atoms with Gasteiger partial charge in [-0.1, -0.05) is 27.7 Å². The Morgan fingerprint density at radius 3 is 2.20 bits per heavy atom. The van der Waals surface area contributed by atoms with E-state index in [2.05, 4.69) is 18.7 Å². The second kappa shape index (κ2) is 4.97. The lowest BCUT2D eigenvalue weighted by Gasteiger charge is -2.43. The highest BCUT2D eigenvalue weighted by Crippen LogP contribution is 2.25. The SMILES string of the molecule is CC(C)C1CN(CC(C(=O)O)C(C)C)C1. The van der Waals surface area contributed by atoms with Crippen molar-refractivity contribution < 1.29 is 9.90 Å². The van der Waals surface area contributed by atoms with E-state index in [9.17, 15) is 4.79 Å². The second-order valence-electron chi connectivity index (χ2n) is 5.41. The Balaban J connectivity index is 2.33. The molecule has 0 saturated carbocycles. The van der Waals surface area contributed by atoms with Gasteiger partial charge in [0.15, 0.2) is 0 Å². The normalized spacial score (nSPS) is 20.7. The summed E-state index contributed by atoms with van der Waals surface area (Å²) in [5.41, 5.74) is 0. The predicted molar refractivity (Wildman–Crippen MR) is 60.7 cm³/mol. The van der Waals surface area contributed by atoms with Gasteiger partial charge in [0, 0.05) is 19.6 Å². The Hall–Kier alpha value is -0.570. The summed E-state index contributed by atoms with van der Waals surface area (Å²) in [4.78, 5) is 13.3. The zero-order chi connectivity index (χ0) is 11.6. The highest BCUT2D eigenvalue weighted by atomic mass is 16.4. The molecule has 1 saturated heterocycles. The van der Waals surface area contributed by atoms with Crippen molar-refractivity contribution in [2.24, 2.45) is 23.7 Å². The van der Waals surface area contributed by atoms with Gasteiger partial charge >= 0.3 is 5.97 Å². The van der Waals surface area contributed by atoms with Crippen molar-refractivity contribution in [3.05, 3.63) is 0 Å².